The average Bonchev–Trinajstić information content (AvgIpc) is 2.39. The quantitative estimate of drug-likeness (QED) is 0.807. The van der Waals surface area contributed by atoms with Crippen LogP contribution >= 0.6 is 11.8 Å². The van der Waals surface area contributed by atoms with Crippen molar-refractivity contribution < 1.29 is 14.7 Å². The van der Waals surface area contributed by atoms with Gasteiger partial charge in [0.15, 0.2) is 0 Å². The van der Waals surface area contributed by atoms with Gasteiger partial charge in [0, 0.05) is 24.7 Å². The summed E-state index contributed by atoms with van der Waals surface area (Å²) in [4.78, 5) is 28.9. The Labute approximate surface area is 116 Å². The molecule has 0 radical (unpaired) electrons. The highest BCUT2D eigenvalue weighted by Crippen LogP contribution is 2.14. The lowest BCUT2D eigenvalue weighted by Gasteiger charge is -2.19. The molecule has 104 valence electrons. The van der Waals surface area contributed by atoms with Gasteiger partial charge < -0.3 is 10.0 Å². The number of nitrogens with zero attached hydrogens (tertiary/aromatic N) is 2. The van der Waals surface area contributed by atoms with Crippen molar-refractivity contribution in [1.29, 1.82) is 0 Å². The molecule has 0 spiro atoms. The third-order valence-electron chi connectivity index (χ3n) is 2.52. The minimum atomic E-state index is -0.929. The van der Waals surface area contributed by atoms with E-state index in [0.29, 0.717) is 5.82 Å². The summed E-state index contributed by atoms with van der Waals surface area (Å²) in [5.74, 6) is -1.10. The first-order valence-corrected chi connectivity index (χ1v) is 6.91. The normalized spacial score (nSPS) is 11.7. The van der Waals surface area contributed by atoms with Crippen LogP contribution in [0, 0.1) is 5.92 Å². The van der Waals surface area contributed by atoms with Crippen molar-refractivity contribution in [3.05, 3.63) is 18.3 Å². The molecule has 0 saturated carbocycles. The Morgan fingerprint density at radius 1 is 1.53 bits per heavy atom. The number of hydrogen-bond acceptors (Lipinski definition) is 4. The number of aliphatic carboxylic acids is 1. The number of nitrogens with one attached hydrogen (secondary N) is 1. The topological polar surface area (TPSA) is 82.5 Å². The third-order valence-corrected chi connectivity index (χ3v) is 3.24. The average molecular weight is 283 g/mol. The number of carboxylic acid groups (broad SMARTS) is 1. The predicted molar refractivity (Wildman–Crippen MR) is 74.5 cm³/mol. The Morgan fingerprint density at radius 3 is 2.68 bits per heavy atom. The highest BCUT2D eigenvalue weighted by Gasteiger charge is 2.17. The van der Waals surface area contributed by atoms with Crippen LogP contribution in [0.1, 0.15) is 6.92 Å². The van der Waals surface area contributed by atoms with Crippen LogP contribution in [-0.4, -0.2) is 46.8 Å². The molecule has 0 aliphatic heterocycles. The number of thioether (sulfide) groups is 1. The molecule has 7 heteroatoms. The van der Waals surface area contributed by atoms with Crippen LogP contribution in [0.3, 0.4) is 0 Å². The molecule has 0 fully saturated rings. The zero-order chi connectivity index (χ0) is 14.4. The van der Waals surface area contributed by atoms with Crippen LogP contribution in [0.5, 0.6) is 0 Å². The van der Waals surface area contributed by atoms with Gasteiger partial charge >= 0.3 is 12.0 Å². The summed E-state index contributed by atoms with van der Waals surface area (Å²) in [6, 6.07) is 3.18. The van der Waals surface area contributed by atoms with Gasteiger partial charge in [-0.05, 0) is 18.4 Å². The minimum absolute atomic E-state index is 0.143. The largest absolute Gasteiger partial charge is 0.481 e. The van der Waals surface area contributed by atoms with Crippen molar-refractivity contribution in [1.82, 2.24) is 9.88 Å². The molecule has 1 heterocycles. The number of carbonyl (C=O) groups is 2. The van der Waals surface area contributed by atoms with Gasteiger partial charge in [0.1, 0.15) is 5.82 Å². The second kappa shape index (κ2) is 6.98. The summed E-state index contributed by atoms with van der Waals surface area (Å²) in [5.41, 5.74) is 0. The minimum Gasteiger partial charge on any atom is -0.481 e. The summed E-state index contributed by atoms with van der Waals surface area (Å²) in [5, 5.41) is 11.4. The van der Waals surface area contributed by atoms with Crippen LogP contribution < -0.4 is 5.32 Å². The first kappa shape index (κ1) is 15.3. The van der Waals surface area contributed by atoms with E-state index in [9.17, 15) is 9.59 Å². The molecule has 0 aliphatic rings. The number of hydrogen-bond donors (Lipinski definition) is 2. The molecular weight excluding hydrogens is 266 g/mol. The van der Waals surface area contributed by atoms with E-state index >= 15 is 0 Å². The van der Waals surface area contributed by atoms with Crippen molar-refractivity contribution >= 4 is 29.6 Å². The van der Waals surface area contributed by atoms with Crippen LogP contribution in [0.2, 0.25) is 0 Å². The predicted octanol–water partition coefficient (Wildman–Crippen LogP) is 1.99. The van der Waals surface area contributed by atoms with Gasteiger partial charge in [0.05, 0.1) is 5.92 Å². The van der Waals surface area contributed by atoms with E-state index in [1.807, 2.05) is 12.3 Å². The molecular formula is C12H17N3O3S. The molecule has 1 unspecified atom stereocenters. The lowest BCUT2D eigenvalue weighted by Crippen LogP contribution is -2.36. The van der Waals surface area contributed by atoms with Crippen molar-refractivity contribution in [2.45, 2.75) is 11.8 Å². The Kier molecular flexibility index (Phi) is 5.62. The van der Waals surface area contributed by atoms with Gasteiger partial charge in [-0.15, -0.1) is 11.8 Å². The number of pyridine rings is 1. The number of amides is 2. The number of rotatable bonds is 5. The fourth-order valence-electron chi connectivity index (χ4n) is 1.35. The van der Waals surface area contributed by atoms with Crippen molar-refractivity contribution in [3.63, 3.8) is 0 Å². The highest BCUT2D eigenvalue weighted by molar-refractivity contribution is 7.98. The monoisotopic (exact) mass is 283 g/mol. The Hall–Kier alpha value is -1.76. The van der Waals surface area contributed by atoms with E-state index in [4.69, 9.17) is 5.11 Å². The van der Waals surface area contributed by atoms with E-state index < -0.39 is 11.9 Å². The van der Waals surface area contributed by atoms with Crippen LogP contribution in [-0.2, 0) is 4.79 Å². The third kappa shape index (κ3) is 4.78. The summed E-state index contributed by atoms with van der Waals surface area (Å²) in [6.45, 7) is 1.70. The van der Waals surface area contributed by atoms with E-state index in [2.05, 4.69) is 10.3 Å². The maximum absolute atomic E-state index is 11.8. The molecule has 0 aromatic carbocycles. The standard InChI is InChI=1S/C12H17N3O3S/c1-8(11(16)17)7-15(2)12(18)14-10-5-4-9(19-3)6-13-10/h4-6,8H,7H2,1-3H3,(H,16,17)(H,13,14,18). The number of anilines is 1. The molecule has 1 atom stereocenters. The van der Waals surface area contributed by atoms with Gasteiger partial charge in [-0.1, -0.05) is 6.92 Å². The smallest absolute Gasteiger partial charge is 0.322 e. The maximum Gasteiger partial charge on any atom is 0.322 e. The van der Waals surface area contributed by atoms with Crippen molar-refractivity contribution in [3.8, 4) is 0 Å². The molecule has 0 aliphatic carbocycles. The van der Waals surface area contributed by atoms with Crippen molar-refractivity contribution in [2.75, 3.05) is 25.2 Å². The van der Waals surface area contributed by atoms with Crippen LogP contribution in [0.15, 0.2) is 23.2 Å². The van der Waals surface area contributed by atoms with E-state index in [0.717, 1.165) is 4.90 Å². The van der Waals surface area contributed by atoms with Gasteiger partial charge in [-0.25, -0.2) is 9.78 Å². The zero-order valence-electron chi connectivity index (χ0n) is 11.1. The number of carboxylic acids is 1. The van der Waals surface area contributed by atoms with Gasteiger partial charge in [0.25, 0.3) is 0 Å². The zero-order valence-corrected chi connectivity index (χ0v) is 11.9. The molecule has 1 aromatic rings. The fraction of sp³-hybridized carbons (Fsp3) is 0.417. The summed E-state index contributed by atoms with van der Waals surface area (Å²) in [7, 11) is 1.55. The summed E-state index contributed by atoms with van der Waals surface area (Å²) < 4.78 is 0. The lowest BCUT2D eigenvalue weighted by molar-refractivity contribution is -0.141. The highest BCUT2D eigenvalue weighted by atomic mass is 32.2. The second-order valence-corrected chi connectivity index (χ2v) is 5.01. The molecule has 0 saturated heterocycles. The van der Waals surface area contributed by atoms with Crippen LogP contribution in [0.25, 0.3) is 0 Å². The molecule has 2 N–H and O–H groups in total. The maximum atomic E-state index is 11.8. The van der Waals surface area contributed by atoms with Crippen LogP contribution in [0.4, 0.5) is 10.6 Å². The van der Waals surface area contributed by atoms with Gasteiger partial charge in [-0.3, -0.25) is 10.1 Å². The van der Waals surface area contributed by atoms with Gasteiger partial charge in [0.2, 0.25) is 0 Å². The second-order valence-electron chi connectivity index (χ2n) is 4.13. The fourth-order valence-corrected chi connectivity index (χ4v) is 1.71. The summed E-state index contributed by atoms with van der Waals surface area (Å²) in [6.07, 6.45) is 3.61. The SMILES string of the molecule is CSc1ccc(NC(=O)N(C)CC(C)C(=O)O)nc1. The molecule has 2 amide bonds. The molecule has 19 heavy (non-hydrogen) atoms. The van der Waals surface area contributed by atoms with E-state index in [1.165, 1.54) is 4.90 Å². The first-order valence-electron chi connectivity index (χ1n) is 5.69. The number of aromatic nitrogens is 1. The Bertz CT molecular complexity index is 450. The van der Waals surface area contributed by atoms with Crippen molar-refractivity contribution in [2.24, 2.45) is 5.92 Å². The van der Waals surface area contributed by atoms with E-state index in [-0.39, 0.29) is 12.6 Å². The van der Waals surface area contributed by atoms with E-state index in [1.54, 1.807) is 38.0 Å². The Balaban J connectivity index is 2.55. The lowest BCUT2D eigenvalue weighted by atomic mass is 10.2. The first-order chi connectivity index (χ1) is 8.93. The molecule has 1 rings (SSSR count). The number of urea groups is 1. The molecule has 1 aromatic heterocycles. The van der Waals surface area contributed by atoms with Gasteiger partial charge in [-0.2, -0.15) is 0 Å². The Morgan fingerprint density at radius 2 is 2.21 bits per heavy atom. The molecule has 0 bridgehead atoms. The molecule has 6 nitrogen and oxygen atoms in total. The number of carbonyl (C=O) groups excluding carboxylic acids is 1. The summed E-state index contributed by atoms with van der Waals surface area (Å²) >= 11 is 1.56.